The van der Waals surface area contributed by atoms with Crippen molar-refractivity contribution in [2.45, 2.75) is 46.0 Å². The van der Waals surface area contributed by atoms with Gasteiger partial charge in [0.25, 0.3) is 5.91 Å². The smallest absolute Gasteiger partial charge is 0.393 e. The number of hydrogen-bond acceptors (Lipinski definition) is 9. The number of hydrogen-bond donors (Lipinski definition) is 2. The molecule has 2 N–H and O–H groups in total. The van der Waals surface area contributed by atoms with Gasteiger partial charge in [-0.1, -0.05) is 13.8 Å². The van der Waals surface area contributed by atoms with Gasteiger partial charge in [-0.3, -0.25) is 14.5 Å². The van der Waals surface area contributed by atoms with Crippen molar-refractivity contribution >= 4 is 40.0 Å². The highest BCUT2D eigenvalue weighted by atomic mass is 32.1. The number of amides is 1. The number of carbonyl (C=O) groups is 2. The molecule has 1 amide bonds. The first-order valence-electron chi connectivity index (χ1n) is 14.4. The fraction of sp³-hybridized carbons (Fsp3) is 0.500. The monoisotopic (exact) mass is 640 g/mol. The molecule has 4 rings (SSSR count). The lowest BCUT2D eigenvalue weighted by atomic mass is 10.0. The average Bonchev–Trinajstić information content (AvgIpc) is 3.49. The van der Waals surface area contributed by atoms with Gasteiger partial charge in [-0.15, -0.1) is 11.3 Å². The molecule has 2 aliphatic rings. The molecule has 2 fully saturated rings. The maximum atomic E-state index is 15.8. The summed E-state index contributed by atoms with van der Waals surface area (Å²) in [5.41, 5.74) is -1.32. The number of nitrogens with zero attached hydrogens (tertiary/aromatic N) is 4. The zero-order valence-electron chi connectivity index (χ0n) is 25.8. The molecule has 0 saturated carbocycles. The summed E-state index contributed by atoms with van der Waals surface area (Å²) >= 11 is 1.34. The molecule has 3 heterocycles. The third-order valence-electron chi connectivity index (χ3n) is 7.45. The van der Waals surface area contributed by atoms with Crippen LogP contribution in [-0.2, 0) is 14.3 Å². The number of carbonyl (C=O) groups excluding carboxylic acids is 2. The zero-order valence-corrected chi connectivity index (χ0v) is 26.6. The van der Waals surface area contributed by atoms with Crippen LogP contribution in [0.2, 0.25) is 0 Å². The number of thiazole rings is 1. The van der Waals surface area contributed by atoms with E-state index in [0.29, 0.717) is 62.0 Å². The molecule has 2 aromatic rings. The van der Waals surface area contributed by atoms with Gasteiger partial charge in [-0.2, -0.15) is 13.2 Å². The number of morpholine rings is 1. The topological polar surface area (TPSA) is 90.0 Å². The molecular weight excluding hydrogens is 600 g/mol. The summed E-state index contributed by atoms with van der Waals surface area (Å²) in [6.07, 6.45) is -3.83. The third-order valence-corrected chi connectivity index (χ3v) is 8.35. The molecule has 0 bridgehead atoms. The largest absolute Gasteiger partial charge is 0.417 e. The first kappa shape index (κ1) is 35.0. The lowest BCUT2D eigenvalue weighted by molar-refractivity contribution is -0.115. The van der Waals surface area contributed by atoms with E-state index in [4.69, 9.17) is 4.74 Å². The number of piperazine rings is 1. The van der Waals surface area contributed by atoms with Gasteiger partial charge >= 0.3 is 6.18 Å². The van der Waals surface area contributed by atoms with E-state index in [-0.39, 0.29) is 29.6 Å². The predicted octanol–water partition coefficient (Wildman–Crippen LogP) is 5.07. The van der Waals surface area contributed by atoms with Gasteiger partial charge in [-0.25, -0.2) is 9.37 Å². The van der Waals surface area contributed by atoms with Crippen LogP contribution in [0.1, 0.15) is 27.7 Å². The summed E-state index contributed by atoms with van der Waals surface area (Å²) in [6, 6.07) is 2.86. The second-order valence-electron chi connectivity index (χ2n) is 10.2. The van der Waals surface area contributed by atoms with Gasteiger partial charge in [-0.05, 0) is 33.0 Å². The summed E-state index contributed by atoms with van der Waals surface area (Å²) in [7, 11) is 3.32. The van der Waals surface area contributed by atoms with Gasteiger partial charge < -0.3 is 25.2 Å². The Labute approximate surface area is 259 Å². The van der Waals surface area contributed by atoms with Crippen LogP contribution in [-0.4, -0.2) is 93.8 Å². The number of likely N-dealkylation sites (N-methyl/N-ethyl adjacent to an activating group) is 1. The van der Waals surface area contributed by atoms with E-state index in [2.05, 4.69) is 20.5 Å². The van der Waals surface area contributed by atoms with Crippen LogP contribution < -0.4 is 20.4 Å². The molecule has 242 valence electrons. The summed E-state index contributed by atoms with van der Waals surface area (Å²) in [5, 5.41) is 7.41. The summed E-state index contributed by atoms with van der Waals surface area (Å²) in [4.78, 5) is 35.2. The standard InChI is InChI=1S/C28H34F4N6O3S.C2H6/c1-17-14-38(15-18(2)36(17)4)25-12-22(29)19(24-16-42-27(35-24)37-6-9-41-10-7-37)11-23(25)34-26(40)20(13-33-3)21(5-8-39)28(30,31)32;1-2/h5,8,11-13,16-18,33H,6-7,9-10,14-15H2,1-4H3,(H,34,40);1-2H3/b20-13+,21-5+;. The molecule has 2 unspecified atom stereocenters. The number of aromatic nitrogens is 1. The third kappa shape index (κ3) is 8.16. The molecule has 0 radical (unpaired) electrons. The Balaban J connectivity index is 0.00000259. The van der Waals surface area contributed by atoms with Gasteiger partial charge in [0.1, 0.15) is 12.1 Å². The molecule has 0 aliphatic carbocycles. The number of halogens is 4. The van der Waals surface area contributed by atoms with Crippen LogP contribution in [0.25, 0.3) is 11.3 Å². The van der Waals surface area contributed by atoms with Crippen LogP contribution >= 0.6 is 11.3 Å². The fourth-order valence-electron chi connectivity index (χ4n) is 5.01. The number of allylic oxidation sites excluding steroid dienone is 1. The second kappa shape index (κ2) is 15.5. The maximum absolute atomic E-state index is 15.8. The van der Waals surface area contributed by atoms with Crippen LogP contribution in [0.3, 0.4) is 0 Å². The van der Waals surface area contributed by atoms with Crippen LogP contribution in [0, 0.1) is 5.82 Å². The molecule has 1 aromatic heterocycles. The quantitative estimate of drug-likeness (QED) is 0.179. The molecule has 2 atom stereocenters. The molecule has 9 nitrogen and oxygen atoms in total. The van der Waals surface area contributed by atoms with Gasteiger partial charge in [0, 0.05) is 68.5 Å². The molecule has 2 saturated heterocycles. The Kier molecular flexibility index (Phi) is 12.3. The number of alkyl halides is 3. The van der Waals surface area contributed by atoms with Crippen LogP contribution in [0.5, 0.6) is 0 Å². The van der Waals surface area contributed by atoms with Crippen molar-refractivity contribution in [2.75, 3.05) is 68.6 Å². The van der Waals surface area contributed by atoms with Gasteiger partial charge in [0.2, 0.25) is 0 Å². The average molecular weight is 641 g/mol. The van der Waals surface area contributed by atoms with E-state index in [1.54, 1.807) is 5.38 Å². The molecule has 14 heteroatoms. The van der Waals surface area contributed by atoms with Crippen molar-refractivity contribution in [2.24, 2.45) is 0 Å². The lowest BCUT2D eigenvalue weighted by Crippen LogP contribution is -2.55. The second-order valence-corrected chi connectivity index (χ2v) is 11.1. The summed E-state index contributed by atoms with van der Waals surface area (Å²) in [6.45, 7) is 11.4. The Morgan fingerprint density at radius 2 is 1.75 bits per heavy atom. The lowest BCUT2D eigenvalue weighted by Gasteiger charge is -2.44. The summed E-state index contributed by atoms with van der Waals surface area (Å²) < 4.78 is 62.6. The normalized spacial score (nSPS) is 20.1. The fourth-order valence-corrected chi connectivity index (χ4v) is 5.89. The minimum absolute atomic E-state index is 0.0255. The van der Waals surface area contributed by atoms with E-state index in [0.717, 1.165) is 6.20 Å². The number of aldehydes is 1. The van der Waals surface area contributed by atoms with Crippen LogP contribution in [0.15, 0.2) is 40.9 Å². The minimum Gasteiger partial charge on any atom is -0.393 e. The number of rotatable bonds is 8. The molecular formula is C30H40F4N6O3S. The van der Waals surface area contributed by atoms with Crippen molar-refractivity contribution in [3.8, 4) is 11.3 Å². The summed E-state index contributed by atoms with van der Waals surface area (Å²) in [5.74, 6) is -1.69. The van der Waals surface area contributed by atoms with E-state index in [1.807, 2.05) is 44.5 Å². The van der Waals surface area contributed by atoms with Crippen molar-refractivity contribution in [3.63, 3.8) is 0 Å². The van der Waals surface area contributed by atoms with Gasteiger partial charge in [0.05, 0.1) is 41.4 Å². The Morgan fingerprint density at radius 1 is 1.11 bits per heavy atom. The highest BCUT2D eigenvalue weighted by Crippen LogP contribution is 2.38. The van der Waals surface area contributed by atoms with Crippen LogP contribution in [0.4, 0.5) is 34.1 Å². The van der Waals surface area contributed by atoms with Gasteiger partial charge in [0.15, 0.2) is 5.13 Å². The highest BCUT2D eigenvalue weighted by Gasteiger charge is 2.39. The first-order chi connectivity index (χ1) is 20.9. The number of benzene rings is 1. The van der Waals surface area contributed by atoms with Crippen molar-refractivity contribution in [3.05, 3.63) is 46.8 Å². The van der Waals surface area contributed by atoms with Crippen molar-refractivity contribution in [1.82, 2.24) is 15.2 Å². The van der Waals surface area contributed by atoms with E-state index >= 15 is 4.39 Å². The predicted molar refractivity (Wildman–Crippen MR) is 167 cm³/mol. The first-order valence-corrected chi connectivity index (χ1v) is 15.3. The van der Waals surface area contributed by atoms with Crippen molar-refractivity contribution in [1.29, 1.82) is 0 Å². The number of anilines is 3. The highest BCUT2D eigenvalue weighted by molar-refractivity contribution is 7.14. The van der Waals surface area contributed by atoms with E-state index < -0.39 is 29.0 Å². The Bertz CT molecular complexity index is 1340. The van der Waals surface area contributed by atoms with E-state index in [1.165, 1.54) is 30.5 Å². The van der Waals surface area contributed by atoms with Crippen molar-refractivity contribution < 1.29 is 31.9 Å². The number of nitrogens with one attached hydrogen (secondary N) is 2. The van der Waals surface area contributed by atoms with E-state index in [9.17, 15) is 22.8 Å². The number of ether oxygens (including phenoxy) is 1. The SMILES string of the molecule is CC.CN/C=C(C(=O)Nc1cc(-c2csc(N3CCOCC3)n2)c(F)cc1N1CC(C)N(C)C(C)C1)\C(=C/C=O)C(F)(F)F. The Morgan fingerprint density at radius 3 is 2.32 bits per heavy atom. The zero-order chi connectivity index (χ0) is 32.6. The molecule has 0 spiro atoms. The Hall–Kier alpha value is -3.49. The molecule has 44 heavy (non-hydrogen) atoms. The maximum Gasteiger partial charge on any atom is 0.417 e. The minimum atomic E-state index is -4.98. The molecule has 2 aliphatic heterocycles. The molecule has 1 aromatic carbocycles.